The number of hydrogen-bond donors (Lipinski definition) is 4. The lowest BCUT2D eigenvalue weighted by atomic mass is 10.0. The number of urea groups is 2. The molecule has 0 aromatic rings. The van der Waals surface area contributed by atoms with Crippen LogP contribution >= 0.6 is 0 Å². The van der Waals surface area contributed by atoms with Gasteiger partial charge in [-0.1, -0.05) is 208 Å². The van der Waals surface area contributed by atoms with E-state index < -0.39 is 6.16 Å². The maximum Gasteiger partial charge on any atom is 0.508 e. The van der Waals surface area contributed by atoms with Crippen LogP contribution in [0.1, 0.15) is 305 Å². The Morgan fingerprint density at radius 3 is 1.06 bits per heavy atom. The maximum absolute atomic E-state index is 12.8. The molecule has 460 valence electrons. The van der Waals surface area contributed by atoms with Crippen molar-refractivity contribution in [3.05, 3.63) is 0 Å². The van der Waals surface area contributed by atoms with Crippen molar-refractivity contribution in [1.82, 2.24) is 26.2 Å². The Hall–Kier alpha value is -3.29. The number of amides is 4. The zero-order valence-corrected chi connectivity index (χ0v) is 51.7. The number of unbranched alkanes of at least 4 members (excludes halogenated alkanes) is 28. The van der Waals surface area contributed by atoms with Crippen molar-refractivity contribution in [3.63, 3.8) is 0 Å². The third-order valence-electron chi connectivity index (χ3n) is 15.1. The van der Waals surface area contributed by atoms with Crippen molar-refractivity contribution in [2.45, 2.75) is 317 Å². The fraction of sp³-hybridized carbons (Fsp3) is 0.922. The van der Waals surface area contributed by atoms with E-state index in [1.807, 2.05) is 0 Å². The molecule has 0 spiro atoms. The fourth-order valence-corrected chi connectivity index (χ4v) is 9.88. The molecule has 4 N–H and O–H groups in total. The zero-order chi connectivity index (χ0) is 57.2. The SMILES string of the molecule is CCCCCCCCC(CCCCCCCC)OC(=O)CCCCCCCNC(=O)NCC(CNC(=O)NCCCCCCCC(=O)OC(CCCCCCCC)CCCCCCCC)COC(=O)OCCCN(CC)CC. The lowest BCUT2D eigenvalue weighted by Crippen LogP contribution is -2.45. The fourth-order valence-electron chi connectivity index (χ4n) is 9.88. The van der Waals surface area contributed by atoms with Crippen LogP contribution in [0, 0.1) is 5.92 Å². The second kappa shape index (κ2) is 58.4. The summed E-state index contributed by atoms with van der Waals surface area (Å²) in [7, 11) is 0. The molecule has 0 aromatic heterocycles. The highest BCUT2D eigenvalue weighted by Gasteiger charge is 2.18. The molecule has 0 fully saturated rings. The van der Waals surface area contributed by atoms with Gasteiger partial charge < -0.3 is 45.1 Å². The van der Waals surface area contributed by atoms with Crippen LogP contribution in [0.2, 0.25) is 0 Å². The Balaban J connectivity index is 4.71. The van der Waals surface area contributed by atoms with Crippen LogP contribution in [0.15, 0.2) is 0 Å². The molecule has 0 heterocycles. The third-order valence-corrected chi connectivity index (χ3v) is 15.1. The maximum atomic E-state index is 12.8. The third kappa shape index (κ3) is 52.1. The van der Waals surface area contributed by atoms with Crippen molar-refractivity contribution < 1.29 is 42.9 Å². The molecule has 0 bridgehead atoms. The predicted molar refractivity (Wildman–Crippen MR) is 323 cm³/mol. The molecular formula is C64H125N5O9. The number of esters is 2. The summed E-state index contributed by atoms with van der Waals surface area (Å²) in [4.78, 5) is 66.0. The van der Waals surface area contributed by atoms with Crippen LogP contribution in [-0.2, 0) is 28.5 Å². The molecule has 0 atom stereocenters. The molecular weight excluding hydrogens is 983 g/mol. The van der Waals surface area contributed by atoms with Gasteiger partial charge in [0.1, 0.15) is 18.8 Å². The van der Waals surface area contributed by atoms with Gasteiger partial charge in [-0.25, -0.2) is 14.4 Å². The standard InChI is InChI=1S/C64H125N5O9/c1-7-13-17-21-27-35-44-58(45-36-28-22-18-14-8-2)77-60(70)48-39-31-25-33-41-50-65-62(72)67-54-57(56-76-64(74)75-53-43-52-69(11-5)12-6)55-68-63(73)66-51-42-34-26-32-40-49-61(71)78-59(46-37-29-23-19-15-9-3)47-38-30-24-20-16-10-4/h57-59H,7-56H2,1-6H3,(H2,65,67,72)(H2,66,68,73). The van der Waals surface area contributed by atoms with Gasteiger partial charge in [-0.2, -0.15) is 0 Å². The molecule has 0 saturated carbocycles. The molecule has 0 saturated heterocycles. The average Bonchev–Trinajstić information content (AvgIpc) is 3.43. The number of rotatable bonds is 58. The van der Waals surface area contributed by atoms with Crippen molar-refractivity contribution in [1.29, 1.82) is 0 Å². The van der Waals surface area contributed by atoms with Crippen molar-refractivity contribution >= 4 is 30.2 Å². The highest BCUT2D eigenvalue weighted by atomic mass is 16.7. The number of carbonyl (C=O) groups excluding carboxylic acids is 5. The topological polar surface area (TPSA) is 174 Å². The van der Waals surface area contributed by atoms with E-state index in [1.165, 1.54) is 128 Å². The van der Waals surface area contributed by atoms with Crippen molar-refractivity contribution in [2.75, 3.05) is 59.0 Å². The van der Waals surface area contributed by atoms with Crippen LogP contribution in [0.25, 0.3) is 0 Å². The molecule has 0 rings (SSSR count). The molecule has 0 unspecified atom stereocenters. The predicted octanol–water partition coefficient (Wildman–Crippen LogP) is 16.6. The first-order valence-corrected chi connectivity index (χ1v) is 33.1. The lowest BCUT2D eigenvalue weighted by molar-refractivity contribution is -0.151. The Morgan fingerprint density at radius 1 is 0.372 bits per heavy atom. The van der Waals surface area contributed by atoms with E-state index in [-0.39, 0.29) is 68.4 Å². The van der Waals surface area contributed by atoms with E-state index in [1.54, 1.807) is 0 Å². The molecule has 78 heavy (non-hydrogen) atoms. The van der Waals surface area contributed by atoms with Crippen LogP contribution in [0.3, 0.4) is 0 Å². The number of hydrogen-bond acceptors (Lipinski definition) is 10. The lowest BCUT2D eigenvalue weighted by Gasteiger charge is -2.19. The number of nitrogens with zero attached hydrogens (tertiary/aromatic N) is 1. The highest BCUT2D eigenvalue weighted by Crippen LogP contribution is 2.20. The Kier molecular flexibility index (Phi) is 55.9. The summed E-state index contributed by atoms with van der Waals surface area (Å²) in [5.41, 5.74) is 0. The van der Waals surface area contributed by atoms with Gasteiger partial charge >= 0.3 is 30.2 Å². The number of ether oxygens (including phenoxy) is 4. The minimum absolute atomic E-state index is 0.0334. The van der Waals surface area contributed by atoms with Crippen LogP contribution in [0.5, 0.6) is 0 Å². The van der Waals surface area contributed by atoms with E-state index in [0.29, 0.717) is 32.4 Å². The van der Waals surface area contributed by atoms with Gasteiger partial charge in [0.05, 0.1) is 6.61 Å². The average molecular weight is 1110 g/mol. The minimum atomic E-state index is -0.769. The summed E-state index contributed by atoms with van der Waals surface area (Å²) in [5.74, 6) is -0.509. The normalized spacial score (nSPS) is 11.4. The van der Waals surface area contributed by atoms with Gasteiger partial charge in [0, 0.05) is 51.5 Å². The molecule has 4 amide bonds. The van der Waals surface area contributed by atoms with Gasteiger partial charge in [-0.3, -0.25) is 9.59 Å². The van der Waals surface area contributed by atoms with Crippen LogP contribution in [-0.4, -0.2) is 106 Å². The first-order chi connectivity index (χ1) is 38.1. The zero-order valence-electron chi connectivity index (χ0n) is 51.7. The quantitative estimate of drug-likeness (QED) is 0.0261. The first kappa shape index (κ1) is 74.7. The van der Waals surface area contributed by atoms with Gasteiger partial charge in [0.2, 0.25) is 0 Å². The first-order valence-electron chi connectivity index (χ1n) is 33.1. The van der Waals surface area contributed by atoms with Gasteiger partial charge in [-0.15, -0.1) is 0 Å². The second-order valence-corrected chi connectivity index (χ2v) is 22.4. The Labute approximate surface area is 479 Å². The summed E-state index contributed by atoms with van der Waals surface area (Å²) >= 11 is 0. The molecule has 0 aliphatic heterocycles. The second-order valence-electron chi connectivity index (χ2n) is 22.4. The van der Waals surface area contributed by atoms with E-state index in [2.05, 4.69) is 67.7 Å². The van der Waals surface area contributed by atoms with Gasteiger partial charge in [0.15, 0.2) is 0 Å². The molecule has 0 aromatic carbocycles. The molecule has 0 aliphatic carbocycles. The van der Waals surface area contributed by atoms with Crippen LogP contribution < -0.4 is 21.3 Å². The van der Waals surface area contributed by atoms with Gasteiger partial charge in [0.25, 0.3) is 0 Å². The summed E-state index contributed by atoms with van der Waals surface area (Å²) in [6.07, 6.45) is 43.7. The van der Waals surface area contributed by atoms with Gasteiger partial charge in [-0.05, 0) is 96.6 Å². The van der Waals surface area contributed by atoms with Crippen molar-refractivity contribution in [3.8, 4) is 0 Å². The Bertz CT molecular complexity index is 1260. The smallest absolute Gasteiger partial charge is 0.462 e. The summed E-state index contributed by atoms with van der Waals surface area (Å²) < 4.78 is 22.8. The molecule has 14 heteroatoms. The van der Waals surface area contributed by atoms with E-state index >= 15 is 0 Å². The largest absolute Gasteiger partial charge is 0.508 e. The minimum Gasteiger partial charge on any atom is -0.462 e. The summed E-state index contributed by atoms with van der Waals surface area (Å²) in [6, 6.07) is -0.647. The molecule has 14 nitrogen and oxygen atoms in total. The van der Waals surface area contributed by atoms with Crippen LogP contribution in [0.4, 0.5) is 14.4 Å². The summed E-state index contributed by atoms with van der Waals surface area (Å²) in [5, 5.41) is 11.6. The number of nitrogens with one attached hydrogen (secondary N) is 4. The molecule has 0 radical (unpaired) electrons. The molecule has 0 aliphatic rings. The van der Waals surface area contributed by atoms with Crippen molar-refractivity contribution in [2.24, 2.45) is 5.92 Å². The monoisotopic (exact) mass is 1110 g/mol. The van der Waals surface area contributed by atoms with E-state index in [0.717, 1.165) is 135 Å². The number of carbonyl (C=O) groups is 5. The Morgan fingerprint density at radius 2 is 0.705 bits per heavy atom. The van der Waals surface area contributed by atoms with E-state index in [4.69, 9.17) is 18.9 Å². The van der Waals surface area contributed by atoms with E-state index in [9.17, 15) is 24.0 Å². The summed E-state index contributed by atoms with van der Waals surface area (Å²) in [6.45, 7) is 17.5. The highest BCUT2D eigenvalue weighted by molar-refractivity contribution is 5.74.